The number of aliphatic imine (C=N–C) groups is 1. The first-order valence-electron chi connectivity index (χ1n) is 8.26. The first-order valence-corrected chi connectivity index (χ1v) is 8.26. The summed E-state index contributed by atoms with van der Waals surface area (Å²) in [6, 6.07) is 5.82. The summed E-state index contributed by atoms with van der Waals surface area (Å²) in [5.74, 6) is 1.79. The van der Waals surface area contributed by atoms with Crippen molar-refractivity contribution < 1.29 is 4.79 Å². The zero-order chi connectivity index (χ0) is 16.9. The second-order valence-corrected chi connectivity index (χ2v) is 5.71. The minimum atomic E-state index is 0.131. The van der Waals surface area contributed by atoms with E-state index in [0.29, 0.717) is 6.54 Å². The molecule has 24 heavy (non-hydrogen) atoms. The van der Waals surface area contributed by atoms with Crippen LogP contribution < -0.4 is 5.32 Å². The van der Waals surface area contributed by atoms with Gasteiger partial charge < -0.3 is 15.1 Å². The van der Waals surface area contributed by atoms with Gasteiger partial charge in [-0.15, -0.1) is 10.2 Å². The van der Waals surface area contributed by atoms with Gasteiger partial charge in [0, 0.05) is 45.8 Å². The predicted octanol–water partition coefficient (Wildman–Crippen LogP) is 0.359. The van der Waals surface area contributed by atoms with Gasteiger partial charge in [0.2, 0.25) is 5.91 Å². The first-order chi connectivity index (χ1) is 11.7. The number of nitrogens with one attached hydrogen (secondary N) is 1. The molecule has 0 unspecified atom stereocenters. The molecule has 0 bridgehead atoms. The molecule has 0 spiro atoms. The number of guanidine groups is 1. The molecule has 1 aliphatic heterocycles. The molecule has 3 heterocycles. The van der Waals surface area contributed by atoms with E-state index in [9.17, 15) is 4.79 Å². The van der Waals surface area contributed by atoms with Gasteiger partial charge >= 0.3 is 0 Å². The van der Waals surface area contributed by atoms with Crippen LogP contribution in [0.3, 0.4) is 0 Å². The van der Waals surface area contributed by atoms with Crippen LogP contribution in [0.25, 0.3) is 5.65 Å². The van der Waals surface area contributed by atoms with Crippen LogP contribution >= 0.6 is 0 Å². The number of nitrogens with zero attached hydrogens (tertiary/aromatic N) is 6. The van der Waals surface area contributed by atoms with E-state index in [2.05, 4.69) is 20.4 Å². The van der Waals surface area contributed by atoms with E-state index < -0.39 is 0 Å². The van der Waals surface area contributed by atoms with Crippen molar-refractivity contribution in [1.29, 1.82) is 0 Å². The Morgan fingerprint density at radius 2 is 1.96 bits per heavy atom. The largest absolute Gasteiger partial charge is 0.357 e. The smallest absolute Gasteiger partial charge is 0.219 e. The molecule has 1 N–H and O–H groups in total. The van der Waals surface area contributed by atoms with Gasteiger partial charge in [-0.05, 0) is 19.1 Å². The third kappa shape index (κ3) is 3.47. The number of aromatic nitrogens is 3. The second kappa shape index (κ2) is 7.29. The van der Waals surface area contributed by atoms with E-state index in [0.717, 1.165) is 50.2 Å². The van der Waals surface area contributed by atoms with Crippen LogP contribution in [0, 0.1) is 0 Å². The number of amides is 1. The Morgan fingerprint density at radius 3 is 2.67 bits per heavy atom. The lowest BCUT2D eigenvalue weighted by Gasteiger charge is -2.36. The van der Waals surface area contributed by atoms with Crippen molar-refractivity contribution in [3.05, 3.63) is 30.2 Å². The number of piperazine rings is 1. The highest BCUT2D eigenvalue weighted by Crippen LogP contribution is 2.06. The van der Waals surface area contributed by atoms with Crippen molar-refractivity contribution in [2.75, 3.05) is 32.7 Å². The molecule has 128 valence electrons. The van der Waals surface area contributed by atoms with E-state index in [-0.39, 0.29) is 5.91 Å². The molecule has 1 amide bonds. The van der Waals surface area contributed by atoms with Gasteiger partial charge in [-0.25, -0.2) is 4.99 Å². The fourth-order valence-corrected chi connectivity index (χ4v) is 2.80. The molecule has 0 aromatic carbocycles. The van der Waals surface area contributed by atoms with Crippen LogP contribution in [-0.2, 0) is 11.3 Å². The molecule has 8 heteroatoms. The molecule has 1 saturated heterocycles. The van der Waals surface area contributed by atoms with Crippen LogP contribution in [0.2, 0.25) is 0 Å². The van der Waals surface area contributed by atoms with Crippen LogP contribution in [-0.4, -0.2) is 69.0 Å². The third-order valence-electron chi connectivity index (χ3n) is 4.11. The van der Waals surface area contributed by atoms with Gasteiger partial charge in [0.05, 0.1) is 0 Å². The topological polar surface area (TPSA) is 78.1 Å². The van der Waals surface area contributed by atoms with Gasteiger partial charge in [-0.1, -0.05) is 6.07 Å². The Hall–Kier alpha value is -2.64. The minimum absolute atomic E-state index is 0.131. The average molecular weight is 329 g/mol. The van der Waals surface area contributed by atoms with E-state index in [1.165, 1.54) is 0 Å². The molecular weight excluding hydrogens is 306 g/mol. The quantitative estimate of drug-likeness (QED) is 0.650. The normalized spacial score (nSPS) is 15.8. The monoisotopic (exact) mass is 329 g/mol. The highest BCUT2D eigenvalue weighted by atomic mass is 16.2. The predicted molar refractivity (Wildman–Crippen MR) is 91.6 cm³/mol. The Morgan fingerprint density at radius 1 is 1.21 bits per heavy atom. The third-order valence-corrected chi connectivity index (χ3v) is 4.11. The molecule has 0 atom stereocenters. The summed E-state index contributed by atoms with van der Waals surface area (Å²) < 4.78 is 1.95. The van der Waals surface area contributed by atoms with E-state index in [1.54, 1.807) is 6.92 Å². The van der Waals surface area contributed by atoms with Crippen LogP contribution in [0.5, 0.6) is 0 Å². The van der Waals surface area contributed by atoms with Crippen LogP contribution in [0.1, 0.15) is 19.7 Å². The first kappa shape index (κ1) is 16.2. The lowest BCUT2D eigenvalue weighted by molar-refractivity contribution is -0.130. The Labute approximate surface area is 141 Å². The number of carbonyl (C=O) groups excluding carboxylic acids is 1. The minimum Gasteiger partial charge on any atom is -0.357 e. The van der Waals surface area contributed by atoms with Crippen LogP contribution in [0.15, 0.2) is 29.4 Å². The van der Waals surface area contributed by atoms with E-state index in [4.69, 9.17) is 4.99 Å². The molecule has 8 nitrogen and oxygen atoms in total. The summed E-state index contributed by atoms with van der Waals surface area (Å²) in [5, 5.41) is 11.7. The van der Waals surface area contributed by atoms with Crippen molar-refractivity contribution >= 4 is 17.5 Å². The van der Waals surface area contributed by atoms with Gasteiger partial charge in [-0.3, -0.25) is 9.20 Å². The van der Waals surface area contributed by atoms with Gasteiger partial charge in [0.1, 0.15) is 6.54 Å². The standard InChI is InChI=1S/C16H23N7O/c1-3-17-16(22-10-8-21(9-11-22)13(2)24)18-12-15-20-19-14-6-4-5-7-23(14)15/h4-7H,3,8-12H2,1-2H3,(H,17,18). The molecule has 0 saturated carbocycles. The summed E-state index contributed by atoms with van der Waals surface area (Å²) in [6.07, 6.45) is 1.94. The fraction of sp³-hybridized carbons (Fsp3) is 0.500. The van der Waals surface area contributed by atoms with E-state index in [1.807, 2.05) is 40.6 Å². The molecule has 0 radical (unpaired) electrons. The maximum absolute atomic E-state index is 11.5. The van der Waals surface area contributed by atoms with Gasteiger partial charge in [-0.2, -0.15) is 0 Å². The zero-order valence-electron chi connectivity index (χ0n) is 14.1. The second-order valence-electron chi connectivity index (χ2n) is 5.71. The molecule has 3 rings (SSSR count). The zero-order valence-corrected chi connectivity index (χ0v) is 14.1. The molecule has 0 aliphatic carbocycles. The number of rotatable bonds is 3. The maximum atomic E-state index is 11.5. The summed E-state index contributed by atoms with van der Waals surface area (Å²) in [7, 11) is 0. The number of pyridine rings is 1. The van der Waals surface area contributed by atoms with Crippen LogP contribution in [0.4, 0.5) is 0 Å². The molecule has 2 aromatic rings. The van der Waals surface area contributed by atoms with E-state index >= 15 is 0 Å². The summed E-state index contributed by atoms with van der Waals surface area (Å²) >= 11 is 0. The lowest BCUT2D eigenvalue weighted by atomic mass is 10.3. The molecule has 1 fully saturated rings. The fourth-order valence-electron chi connectivity index (χ4n) is 2.80. The lowest BCUT2D eigenvalue weighted by Crippen LogP contribution is -2.53. The SMILES string of the molecule is CCNC(=NCc1nnc2ccccn12)N1CCN(C(C)=O)CC1. The highest BCUT2D eigenvalue weighted by Gasteiger charge is 2.21. The molecular formula is C16H23N7O. The van der Waals surface area contributed by atoms with Gasteiger partial charge in [0.15, 0.2) is 17.4 Å². The summed E-state index contributed by atoms with van der Waals surface area (Å²) in [6.45, 7) is 7.95. The Kier molecular flexibility index (Phi) is 4.93. The van der Waals surface area contributed by atoms with Crippen molar-refractivity contribution in [2.45, 2.75) is 20.4 Å². The Balaban J connectivity index is 1.71. The number of hydrogen-bond acceptors (Lipinski definition) is 4. The maximum Gasteiger partial charge on any atom is 0.219 e. The highest BCUT2D eigenvalue weighted by molar-refractivity contribution is 5.80. The van der Waals surface area contributed by atoms with Crippen molar-refractivity contribution in [1.82, 2.24) is 29.7 Å². The Bertz CT molecular complexity index is 731. The summed E-state index contributed by atoms with van der Waals surface area (Å²) in [5.41, 5.74) is 0.822. The van der Waals surface area contributed by atoms with Crippen molar-refractivity contribution in [3.63, 3.8) is 0 Å². The number of carbonyl (C=O) groups is 1. The van der Waals surface area contributed by atoms with Gasteiger partial charge in [0.25, 0.3) is 0 Å². The number of hydrogen-bond donors (Lipinski definition) is 1. The molecule has 1 aliphatic rings. The average Bonchev–Trinajstić information content (AvgIpc) is 3.02. The summed E-state index contributed by atoms with van der Waals surface area (Å²) in [4.78, 5) is 20.2. The van der Waals surface area contributed by atoms with Crippen molar-refractivity contribution in [3.8, 4) is 0 Å². The molecule has 2 aromatic heterocycles. The number of fused-ring (bicyclic) bond motifs is 1. The van der Waals surface area contributed by atoms with Crippen molar-refractivity contribution in [2.24, 2.45) is 4.99 Å².